The molecule has 0 spiro atoms. The predicted molar refractivity (Wildman–Crippen MR) is 130 cm³/mol. The maximum absolute atomic E-state index is 13.1. The number of anilines is 2. The second-order valence-corrected chi connectivity index (χ2v) is 8.62. The maximum Gasteiger partial charge on any atom is 0.243 e. The Morgan fingerprint density at radius 1 is 1.09 bits per heavy atom. The second-order valence-electron chi connectivity index (χ2n) is 8.62. The summed E-state index contributed by atoms with van der Waals surface area (Å²) < 4.78 is 18.4. The molecule has 2 aliphatic rings. The number of ether oxygens (including phenoxy) is 1. The van der Waals surface area contributed by atoms with Crippen molar-refractivity contribution in [1.29, 1.82) is 0 Å². The van der Waals surface area contributed by atoms with E-state index < -0.39 is 17.8 Å². The minimum atomic E-state index is -0.880. The molecule has 2 N–H and O–H groups in total. The summed E-state index contributed by atoms with van der Waals surface area (Å²) in [6.07, 6.45) is -0.168. The Morgan fingerprint density at radius 2 is 1.83 bits per heavy atom. The molecule has 0 unspecified atom stereocenters. The van der Waals surface area contributed by atoms with Gasteiger partial charge in [0.15, 0.2) is 0 Å². The number of carbonyl (C=O) groups excluding carboxylic acids is 3. The summed E-state index contributed by atoms with van der Waals surface area (Å²) in [6, 6.07) is 12.4. The van der Waals surface area contributed by atoms with Gasteiger partial charge in [0.2, 0.25) is 17.7 Å². The highest BCUT2D eigenvalue weighted by atomic mass is 19.1. The molecule has 0 aliphatic carbocycles. The Bertz CT molecular complexity index is 1060. The molecule has 186 valence electrons. The lowest BCUT2D eigenvalue weighted by atomic mass is 10.1. The smallest absolute Gasteiger partial charge is 0.243 e. The first-order valence-corrected chi connectivity index (χ1v) is 11.7. The van der Waals surface area contributed by atoms with Crippen LogP contribution in [0.4, 0.5) is 15.8 Å². The van der Waals surface area contributed by atoms with Crippen molar-refractivity contribution in [2.75, 3.05) is 63.1 Å². The molecule has 3 amide bonds. The first-order chi connectivity index (χ1) is 16.9. The lowest BCUT2D eigenvalue weighted by molar-refractivity contribution is -0.145. The standard InChI is InChI=1S/C25H30FN5O4/c1-35-21-4-2-3-20(15-21)30-13-11-29(12-14-30)17-24(33)31-10-9-27-25(34)22(31)16-23(32)28-19-7-5-18(26)6-8-19/h2-8,15,22H,9-14,16-17H2,1H3,(H,27,34)(H,28,32)/t22-/m0/s1. The number of carbonyl (C=O) groups is 3. The Balaban J connectivity index is 1.32. The summed E-state index contributed by atoms with van der Waals surface area (Å²) in [5.41, 5.74) is 1.51. The molecule has 0 aromatic heterocycles. The van der Waals surface area contributed by atoms with E-state index in [-0.39, 0.29) is 24.8 Å². The number of benzene rings is 2. The van der Waals surface area contributed by atoms with E-state index in [9.17, 15) is 18.8 Å². The second kappa shape index (κ2) is 11.2. The molecule has 0 bridgehead atoms. The molecule has 10 heteroatoms. The van der Waals surface area contributed by atoms with Crippen LogP contribution in [-0.4, -0.2) is 86.5 Å². The first kappa shape index (κ1) is 24.5. The van der Waals surface area contributed by atoms with Gasteiger partial charge in [0.25, 0.3) is 0 Å². The van der Waals surface area contributed by atoms with Crippen molar-refractivity contribution in [3.63, 3.8) is 0 Å². The van der Waals surface area contributed by atoms with Crippen LogP contribution in [0.3, 0.4) is 0 Å². The van der Waals surface area contributed by atoms with Crippen molar-refractivity contribution in [3.05, 3.63) is 54.3 Å². The van der Waals surface area contributed by atoms with E-state index >= 15 is 0 Å². The normalized spacial score (nSPS) is 18.7. The number of piperazine rings is 2. The number of hydrogen-bond donors (Lipinski definition) is 2. The van der Waals surface area contributed by atoms with Gasteiger partial charge in [-0.05, 0) is 36.4 Å². The first-order valence-electron chi connectivity index (χ1n) is 11.7. The summed E-state index contributed by atoms with van der Waals surface area (Å²) in [4.78, 5) is 44.0. The molecule has 0 saturated carbocycles. The van der Waals surface area contributed by atoms with Crippen molar-refractivity contribution in [2.24, 2.45) is 0 Å². The molecule has 2 aromatic carbocycles. The number of methoxy groups -OCH3 is 1. The number of halogens is 1. The third-order valence-electron chi connectivity index (χ3n) is 6.31. The van der Waals surface area contributed by atoms with Crippen LogP contribution in [0.2, 0.25) is 0 Å². The van der Waals surface area contributed by atoms with Gasteiger partial charge in [-0.15, -0.1) is 0 Å². The Hall–Kier alpha value is -3.66. The van der Waals surface area contributed by atoms with Gasteiger partial charge in [-0.25, -0.2) is 4.39 Å². The minimum Gasteiger partial charge on any atom is -0.497 e. The quantitative estimate of drug-likeness (QED) is 0.617. The highest BCUT2D eigenvalue weighted by molar-refractivity contribution is 5.97. The summed E-state index contributed by atoms with van der Waals surface area (Å²) in [7, 11) is 1.64. The summed E-state index contributed by atoms with van der Waals surface area (Å²) >= 11 is 0. The number of nitrogens with zero attached hydrogens (tertiary/aromatic N) is 3. The highest BCUT2D eigenvalue weighted by Gasteiger charge is 2.35. The van der Waals surface area contributed by atoms with Crippen molar-refractivity contribution < 1.29 is 23.5 Å². The van der Waals surface area contributed by atoms with Crippen molar-refractivity contribution in [2.45, 2.75) is 12.5 Å². The van der Waals surface area contributed by atoms with Crippen LogP contribution in [-0.2, 0) is 14.4 Å². The number of nitrogens with one attached hydrogen (secondary N) is 2. The van der Waals surface area contributed by atoms with Crippen LogP contribution < -0.4 is 20.3 Å². The molecule has 2 aliphatic heterocycles. The average molecular weight is 484 g/mol. The molecule has 2 fully saturated rings. The molecule has 2 aromatic rings. The average Bonchev–Trinajstić information content (AvgIpc) is 2.87. The molecular weight excluding hydrogens is 453 g/mol. The maximum atomic E-state index is 13.1. The van der Waals surface area contributed by atoms with Crippen LogP contribution in [0, 0.1) is 5.82 Å². The fraction of sp³-hybridized carbons (Fsp3) is 0.400. The third kappa shape index (κ3) is 6.27. The summed E-state index contributed by atoms with van der Waals surface area (Å²) in [5.74, 6) is -0.534. The minimum absolute atomic E-state index is 0.168. The zero-order valence-electron chi connectivity index (χ0n) is 19.7. The van der Waals surface area contributed by atoms with Gasteiger partial charge in [-0.1, -0.05) is 6.07 Å². The van der Waals surface area contributed by atoms with Crippen molar-refractivity contribution >= 4 is 29.1 Å². The largest absolute Gasteiger partial charge is 0.497 e. The van der Waals surface area contributed by atoms with Gasteiger partial charge in [0, 0.05) is 56.7 Å². The molecule has 1 atom stereocenters. The fourth-order valence-corrected chi connectivity index (χ4v) is 4.39. The van der Waals surface area contributed by atoms with E-state index in [1.165, 1.54) is 29.2 Å². The molecule has 4 rings (SSSR count). The number of amides is 3. The highest BCUT2D eigenvalue weighted by Crippen LogP contribution is 2.22. The topological polar surface area (TPSA) is 94.2 Å². The van der Waals surface area contributed by atoms with Crippen LogP contribution in [0.1, 0.15) is 6.42 Å². The predicted octanol–water partition coefficient (Wildman–Crippen LogP) is 1.31. The molecule has 2 heterocycles. The van der Waals surface area contributed by atoms with Gasteiger partial charge in [0.1, 0.15) is 17.6 Å². The van der Waals surface area contributed by atoms with Gasteiger partial charge >= 0.3 is 0 Å². The summed E-state index contributed by atoms with van der Waals surface area (Å²) in [5, 5.41) is 5.40. The van der Waals surface area contributed by atoms with E-state index in [4.69, 9.17) is 4.74 Å². The lowest BCUT2D eigenvalue weighted by Crippen LogP contribution is -2.60. The van der Waals surface area contributed by atoms with Gasteiger partial charge in [-0.3, -0.25) is 19.3 Å². The zero-order valence-corrected chi connectivity index (χ0v) is 19.7. The molecular formula is C25H30FN5O4. The summed E-state index contributed by atoms with van der Waals surface area (Å²) in [6.45, 7) is 3.84. The lowest BCUT2D eigenvalue weighted by Gasteiger charge is -2.39. The van der Waals surface area contributed by atoms with E-state index in [1.54, 1.807) is 7.11 Å². The van der Waals surface area contributed by atoms with Crippen LogP contribution in [0.5, 0.6) is 5.75 Å². The Morgan fingerprint density at radius 3 is 2.54 bits per heavy atom. The SMILES string of the molecule is COc1cccc(N2CCN(CC(=O)N3CCNC(=O)[C@@H]3CC(=O)Nc3ccc(F)cc3)CC2)c1. The Labute approximate surface area is 203 Å². The van der Waals surface area contributed by atoms with E-state index in [2.05, 4.69) is 20.4 Å². The molecule has 35 heavy (non-hydrogen) atoms. The van der Waals surface area contributed by atoms with Crippen LogP contribution in [0.15, 0.2) is 48.5 Å². The van der Waals surface area contributed by atoms with Gasteiger partial charge in [0.05, 0.1) is 20.1 Å². The molecule has 0 radical (unpaired) electrons. The van der Waals surface area contributed by atoms with Crippen molar-refractivity contribution in [3.8, 4) is 5.75 Å². The molecule has 2 saturated heterocycles. The van der Waals surface area contributed by atoms with Gasteiger partial charge < -0.3 is 25.2 Å². The fourth-order valence-electron chi connectivity index (χ4n) is 4.39. The van der Waals surface area contributed by atoms with E-state index in [1.807, 2.05) is 24.3 Å². The molecule has 9 nitrogen and oxygen atoms in total. The third-order valence-corrected chi connectivity index (χ3v) is 6.31. The zero-order chi connectivity index (χ0) is 24.8. The Kier molecular flexibility index (Phi) is 7.81. The number of hydrogen-bond acceptors (Lipinski definition) is 6. The van der Waals surface area contributed by atoms with E-state index in [0.717, 1.165) is 24.5 Å². The van der Waals surface area contributed by atoms with Crippen LogP contribution >= 0.6 is 0 Å². The van der Waals surface area contributed by atoms with Crippen LogP contribution in [0.25, 0.3) is 0 Å². The monoisotopic (exact) mass is 483 g/mol. The van der Waals surface area contributed by atoms with E-state index in [0.29, 0.717) is 31.9 Å². The number of rotatable bonds is 7. The van der Waals surface area contributed by atoms with Gasteiger partial charge in [-0.2, -0.15) is 0 Å². The van der Waals surface area contributed by atoms with Crippen molar-refractivity contribution in [1.82, 2.24) is 15.1 Å².